The average Bonchev–Trinajstić information content (AvgIpc) is 3.12. The molecule has 0 aliphatic heterocycles. The van der Waals surface area contributed by atoms with E-state index >= 15 is 0 Å². The monoisotopic (exact) mass is 275 g/mol. The van der Waals surface area contributed by atoms with E-state index in [2.05, 4.69) is 37.1 Å². The van der Waals surface area contributed by atoms with E-state index in [1.165, 1.54) is 18.4 Å². The lowest BCUT2D eigenvalue weighted by molar-refractivity contribution is 0.776. The number of hydrazine groups is 1. The van der Waals surface area contributed by atoms with Crippen LogP contribution in [0.5, 0.6) is 0 Å². The smallest absolute Gasteiger partial charge is 0.239 e. The molecule has 2 aromatic heterocycles. The number of aryl methyl sites for hydroxylation is 1. The molecule has 5 nitrogen and oxygen atoms in total. The van der Waals surface area contributed by atoms with Crippen molar-refractivity contribution in [2.24, 2.45) is 5.84 Å². The predicted octanol–water partition coefficient (Wildman–Crippen LogP) is 2.30. The highest BCUT2D eigenvalue weighted by molar-refractivity contribution is 7.07. The zero-order chi connectivity index (χ0) is 13.2. The van der Waals surface area contributed by atoms with Gasteiger partial charge in [-0.1, -0.05) is 0 Å². The van der Waals surface area contributed by atoms with Crippen LogP contribution in [0.25, 0.3) is 0 Å². The van der Waals surface area contributed by atoms with Crippen LogP contribution in [0.15, 0.2) is 22.9 Å². The van der Waals surface area contributed by atoms with Crippen LogP contribution in [-0.2, 0) is 6.54 Å². The van der Waals surface area contributed by atoms with Crippen molar-refractivity contribution in [3.8, 4) is 0 Å². The van der Waals surface area contributed by atoms with Gasteiger partial charge in [-0.05, 0) is 42.2 Å². The summed E-state index contributed by atoms with van der Waals surface area (Å²) in [6, 6.07) is 4.78. The quantitative estimate of drug-likeness (QED) is 0.647. The maximum Gasteiger partial charge on any atom is 0.239 e. The number of hydrogen-bond donors (Lipinski definition) is 2. The lowest BCUT2D eigenvalue weighted by Gasteiger charge is -2.23. The molecule has 1 aliphatic rings. The minimum Gasteiger partial charge on any atom is -0.349 e. The Labute approximate surface area is 116 Å². The van der Waals surface area contributed by atoms with Crippen LogP contribution >= 0.6 is 11.3 Å². The van der Waals surface area contributed by atoms with Gasteiger partial charge in [0.1, 0.15) is 5.82 Å². The van der Waals surface area contributed by atoms with Gasteiger partial charge in [-0.25, -0.2) is 10.8 Å². The van der Waals surface area contributed by atoms with Crippen molar-refractivity contribution in [1.82, 2.24) is 9.97 Å². The minimum absolute atomic E-state index is 0.478. The first-order valence-corrected chi connectivity index (χ1v) is 7.30. The third kappa shape index (κ3) is 2.85. The molecule has 0 aromatic carbocycles. The molecule has 3 N–H and O–H groups in total. The molecular formula is C13H17N5S. The van der Waals surface area contributed by atoms with E-state index in [-0.39, 0.29) is 0 Å². The molecule has 0 radical (unpaired) electrons. The SMILES string of the molecule is Cc1cc(N(Cc2ccsc2)C2CC2)nc(NN)n1. The maximum atomic E-state index is 5.42. The highest BCUT2D eigenvalue weighted by Crippen LogP contribution is 2.32. The van der Waals surface area contributed by atoms with Crippen molar-refractivity contribution >= 4 is 23.1 Å². The van der Waals surface area contributed by atoms with E-state index in [4.69, 9.17) is 5.84 Å². The molecule has 0 atom stereocenters. The third-order valence-corrected chi connectivity index (χ3v) is 3.92. The van der Waals surface area contributed by atoms with Crippen LogP contribution in [0.4, 0.5) is 11.8 Å². The number of rotatable bonds is 5. The van der Waals surface area contributed by atoms with Crippen molar-refractivity contribution in [2.45, 2.75) is 32.4 Å². The molecule has 19 heavy (non-hydrogen) atoms. The zero-order valence-electron chi connectivity index (χ0n) is 10.8. The second-order valence-electron chi connectivity index (χ2n) is 4.83. The Hall–Kier alpha value is -1.66. The van der Waals surface area contributed by atoms with Crippen molar-refractivity contribution in [3.63, 3.8) is 0 Å². The van der Waals surface area contributed by atoms with E-state index < -0.39 is 0 Å². The lowest BCUT2D eigenvalue weighted by atomic mass is 10.3. The average molecular weight is 275 g/mol. The van der Waals surface area contributed by atoms with Gasteiger partial charge in [0.15, 0.2) is 0 Å². The molecule has 0 bridgehead atoms. The molecule has 2 aromatic rings. The molecule has 0 unspecified atom stereocenters. The standard InChI is InChI=1S/C13H17N5S/c1-9-6-12(16-13(15-9)17-14)18(11-2-3-11)7-10-4-5-19-8-10/h4-6,8,11H,2-3,7,14H2,1H3,(H,15,16,17). The number of hydrogen-bond acceptors (Lipinski definition) is 6. The molecule has 3 rings (SSSR count). The van der Waals surface area contributed by atoms with Gasteiger partial charge in [0.25, 0.3) is 0 Å². The normalized spacial score (nSPS) is 14.4. The summed E-state index contributed by atoms with van der Waals surface area (Å²) in [6.45, 7) is 2.86. The molecule has 1 saturated carbocycles. The number of nitrogens with two attached hydrogens (primary N) is 1. The van der Waals surface area contributed by atoms with Gasteiger partial charge in [0.2, 0.25) is 5.95 Å². The minimum atomic E-state index is 0.478. The summed E-state index contributed by atoms with van der Waals surface area (Å²) in [4.78, 5) is 11.1. The molecule has 100 valence electrons. The lowest BCUT2D eigenvalue weighted by Crippen LogP contribution is -2.26. The van der Waals surface area contributed by atoms with Gasteiger partial charge in [-0.2, -0.15) is 16.3 Å². The summed E-state index contributed by atoms with van der Waals surface area (Å²) in [7, 11) is 0. The number of aromatic nitrogens is 2. The Kier molecular flexibility index (Phi) is 3.35. The highest BCUT2D eigenvalue weighted by Gasteiger charge is 2.30. The fourth-order valence-electron chi connectivity index (χ4n) is 2.13. The van der Waals surface area contributed by atoms with Gasteiger partial charge in [0.05, 0.1) is 0 Å². The van der Waals surface area contributed by atoms with Gasteiger partial charge < -0.3 is 4.90 Å². The molecule has 1 fully saturated rings. The van der Waals surface area contributed by atoms with Crippen LogP contribution in [0, 0.1) is 6.92 Å². The van der Waals surface area contributed by atoms with Gasteiger partial charge in [0, 0.05) is 24.3 Å². The molecule has 0 spiro atoms. The number of nitrogen functional groups attached to an aromatic ring is 1. The van der Waals surface area contributed by atoms with Crippen LogP contribution in [0.1, 0.15) is 24.1 Å². The fourth-order valence-corrected chi connectivity index (χ4v) is 2.79. The Balaban J connectivity index is 1.89. The van der Waals surface area contributed by atoms with Crippen molar-refractivity contribution in [2.75, 3.05) is 10.3 Å². The molecule has 2 heterocycles. The summed E-state index contributed by atoms with van der Waals surface area (Å²) in [6.07, 6.45) is 2.47. The van der Waals surface area contributed by atoms with Crippen molar-refractivity contribution < 1.29 is 0 Å². The largest absolute Gasteiger partial charge is 0.349 e. The van der Waals surface area contributed by atoms with Crippen LogP contribution in [0.2, 0.25) is 0 Å². The van der Waals surface area contributed by atoms with Crippen molar-refractivity contribution in [3.05, 3.63) is 34.2 Å². The van der Waals surface area contributed by atoms with E-state index in [1.54, 1.807) is 11.3 Å². The maximum absolute atomic E-state index is 5.42. The molecular weight excluding hydrogens is 258 g/mol. The number of anilines is 2. The topological polar surface area (TPSA) is 67.1 Å². The highest BCUT2D eigenvalue weighted by atomic mass is 32.1. The van der Waals surface area contributed by atoms with E-state index in [9.17, 15) is 0 Å². The number of nitrogens with zero attached hydrogens (tertiary/aromatic N) is 3. The van der Waals surface area contributed by atoms with E-state index in [0.29, 0.717) is 12.0 Å². The molecule has 1 aliphatic carbocycles. The Morgan fingerprint density at radius 2 is 2.32 bits per heavy atom. The number of nitrogens with one attached hydrogen (secondary N) is 1. The van der Waals surface area contributed by atoms with Crippen LogP contribution in [-0.4, -0.2) is 16.0 Å². The summed E-state index contributed by atoms with van der Waals surface area (Å²) < 4.78 is 0. The van der Waals surface area contributed by atoms with E-state index in [0.717, 1.165) is 18.1 Å². The van der Waals surface area contributed by atoms with E-state index in [1.807, 2.05) is 13.0 Å². The third-order valence-electron chi connectivity index (χ3n) is 3.18. The summed E-state index contributed by atoms with van der Waals surface area (Å²) in [5.41, 5.74) is 4.79. The number of thiophene rings is 1. The summed E-state index contributed by atoms with van der Waals surface area (Å²) in [5.74, 6) is 6.85. The second-order valence-corrected chi connectivity index (χ2v) is 5.61. The van der Waals surface area contributed by atoms with Gasteiger partial charge >= 0.3 is 0 Å². The van der Waals surface area contributed by atoms with Crippen LogP contribution in [0.3, 0.4) is 0 Å². The molecule has 0 saturated heterocycles. The first-order valence-electron chi connectivity index (χ1n) is 6.36. The van der Waals surface area contributed by atoms with Crippen LogP contribution < -0.4 is 16.2 Å². The zero-order valence-corrected chi connectivity index (χ0v) is 11.7. The second kappa shape index (κ2) is 5.14. The predicted molar refractivity (Wildman–Crippen MR) is 78.1 cm³/mol. The molecule has 0 amide bonds. The first-order chi connectivity index (χ1) is 9.26. The Morgan fingerprint density at radius 3 is 2.95 bits per heavy atom. The summed E-state index contributed by atoms with van der Waals surface area (Å²) >= 11 is 1.73. The fraction of sp³-hybridized carbons (Fsp3) is 0.385. The van der Waals surface area contributed by atoms with Gasteiger partial charge in [-0.15, -0.1) is 0 Å². The van der Waals surface area contributed by atoms with Gasteiger partial charge in [-0.3, -0.25) is 5.43 Å². The first kappa shape index (κ1) is 12.4. The van der Waals surface area contributed by atoms with Crippen molar-refractivity contribution in [1.29, 1.82) is 0 Å². The Morgan fingerprint density at radius 1 is 1.47 bits per heavy atom. The molecule has 6 heteroatoms. The Bertz CT molecular complexity index is 550. The summed E-state index contributed by atoms with van der Waals surface area (Å²) in [5, 5.41) is 4.30.